The molecule has 1 aromatic carbocycles. The lowest BCUT2D eigenvalue weighted by molar-refractivity contribution is -0.385. The van der Waals surface area contributed by atoms with Crippen LogP contribution in [0.1, 0.15) is 30.1 Å². The van der Waals surface area contributed by atoms with Crippen LogP contribution in [-0.2, 0) is 4.79 Å². The number of nitro benzene ring substituents is 1. The molecule has 1 unspecified atom stereocenters. The molecule has 8 heteroatoms. The van der Waals surface area contributed by atoms with Gasteiger partial charge >= 0.3 is 5.97 Å². The van der Waals surface area contributed by atoms with Crippen LogP contribution in [0.5, 0.6) is 0 Å². The summed E-state index contributed by atoms with van der Waals surface area (Å²) in [6, 6.07) is 2.59. The van der Waals surface area contributed by atoms with Crippen molar-refractivity contribution in [3.63, 3.8) is 0 Å². The SMILES string of the molecule is CC(NC(=O)c1ccc([N+](=O)[O-])cc1F)(C(=O)O)C1CC1. The molecule has 0 spiro atoms. The number of rotatable bonds is 5. The number of non-ortho nitro benzene ring substituents is 1. The van der Waals surface area contributed by atoms with Gasteiger partial charge in [-0.25, -0.2) is 9.18 Å². The van der Waals surface area contributed by atoms with E-state index in [4.69, 9.17) is 0 Å². The Hall–Kier alpha value is -2.51. The molecule has 0 radical (unpaired) electrons. The van der Waals surface area contributed by atoms with E-state index >= 15 is 0 Å². The minimum Gasteiger partial charge on any atom is -0.480 e. The Morgan fingerprint density at radius 2 is 2.10 bits per heavy atom. The molecule has 1 fully saturated rings. The molecule has 21 heavy (non-hydrogen) atoms. The van der Waals surface area contributed by atoms with E-state index in [0.717, 1.165) is 12.1 Å². The van der Waals surface area contributed by atoms with Crippen molar-refractivity contribution in [3.8, 4) is 0 Å². The third-order valence-electron chi connectivity index (χ3n) is 3.62. The van der Waals surface area contributed by atoms with Gasteiger partial charge in [0.25, 0.3) is 11.6 Å². The highest BCUT2D eigenvalue weighted by Crippen LogP contribution is 2.40. The van der Waals surface area contributed by atoms with E-state index in [-0.39, 0.29) is 5.92 Å². The average molecular weight is 296 g/mol. The Morgan fingerprint density at radius 3 is 2.52 bits per heavy atom. The normalized spacial score (nSPS) is 16.9. The minimum absolute atomic E-state index is 0.194. The maximum absolute atomic E-state index is 13.7. The molecule has 2 rings (SSSR count). The summed E-state index contributed by atoms with van der Waals surface area (Å²) in [7, 11) is 0. The second kappa shape index (κ2) is 5.12. The number of hydrogen-bond acceptors (Lipinski definition) is 4. The van der Waals surface area contributed by atoms with E-state index in [0.29, 0.717) is 18.9 Å². The first-order valence-corrected chi connectivity index (χ1v) is 6.25. The Kier molecular flexibility index (Phi) is 3.63. The van der Waals surface area contributed by atoms with Crippen molar-refractivity contribution >= 4 is 17.6 Å². The maximum Gasteiger partial charge on any atom is 0.329 e. The van der Waals surface area contributed by atoms with Crippen LogP contribution in [0.15, 0.2) is 18.2 Å². The topological polar surface area (TPSA) is 110 Å². The van der Waals surface area contributed by atoms with Gasteiger partial charge in [0, 0.05) is 6.07 Å². The molecule has 0 bridgehead atoms. The zero-order valence-corrected chi connectivity index (χ0v) is 11.1. The predicted octanol–water partition coefficient (Wildman–Crippen LogP) is 1.72. The van der Waals surface area contributed by atoms with Gasteiger partial charge in [-0.05, 0) is 31.7 Å². The van der Waals surface area contributed by atoms with Gasteiger partial charge in [-0.1, -0.05) is 0 Å². The van der Waals surface area contributed by atoms with Crippen LogP contribution in [0.3, 0.4) is 0 Å². The van der Waals surface area contributed by atoms with Crippen molar-refractivity contribution in [2.75, 3.05) is 0 Å². The molecule has 7 nitrogen and oxygen atoms in total. The number of nitro groups is 1. The zero-order chi connectivity index (χ0) is 15.8. The summed E-state index contributed by atoms with van der Waals surface area (Å²) in [6.45, 7) is 1.37. The van der Waals surface area contributed by atoms with Gasteiger partial charge in [0.2, 0.25) is 0 Å². The lowest BCUT2D eigenvalue weighted by Gasteiger charge is -2.26. The van der Waals surface area contributed by atoms with Crippen molar-refractivity contribution in [3.05, 3.63) is 39.7 Å². The van der Waals surface area contributed by atoms with Gasteiger partial charge in [0.15, 0.2) is 0 Å². The molecule has 1 aliphatic carbocycles. The van der Waals surface area contributed by atoms with Gasteiger partial charge in [0.05, 0.1) is 16.6 Å². The Labute approximate surface area is 118 Å². The number of halogens is 1. The molecule has 1 atom stereocenters. The smallest absolute Gasteiger partial charge is 0.329 e. The van der Waals surface area contributed by atoms with E-state index < -0.39 is 39.4 Å². The number of carbonyl (C=O) groups excluding carboxylic acids is 1. The Balaban J connectivity index is 2.24. The summed E-state index contributed by atoms with van der Waals surface area (Å²) in [5.74, 6) is -3.36. The fourth-order valence-corrected chi connectivity index (χ4v) is 2.10. The van der Waals surface area contributed by atoms with E-state index in [1.165, 1.54) is 6.92 Å². The quantitative estimate of drug-likeness (QED) is 0.635. The van der Waals surface area contributed by atoms with Crippen LogP contribution < -0.4 is 5.32 Å². The summed E-state index contributed by atoms with van der Waals surface area (Å²) in [5, 5.41) is 22.1. The molecular weight excluding hydrogens is 283 g/mol. The highest BCUT2D eigenvalue weighted by molar-refractivity contribution is 5.98. The number of nitrogens with zero attached hydrogens (tertiary/aromatic N) is 1. The first-order valence-electron chi connectivity index (χ1n) is 6.25. The number of hydrogen-bond donors (Lipinski definition) is 2. The number of carboxylic acid groups (broad SMARTS) is 1. The van der Waals surface area contributed by atoms with Crippen LogP contribution in [-0.4, -0.2) is 27.4 Å². The molecular formula is C13H13FN2O5. The van der Waals surface area contributed by atoms with Crippen molar-refractivity contribution < 1.29 is 24.0 Å². The average Bonchev–Trinajstić information content (AvgIpc) is 3.22. The lowest BCUT2D eigenvalue weighted by Crippen LogP contribution is -2.54. The Morgan fingerprint density at radius 1 is 1.48 bits per heavy atom. The van der Waals surface area contributed by atoms with Crippen LogP contribution in [0.2, 0.25) is 0 Å². The van der Waals surface area contributed by atoms with Crippen LogP contribution in [0, 0.1) is 21.8 Å². The van der Waals surface area contributed by atoms with Gasteiger partial charge in [0.1, 0.15) is 11.4 Å². The van der Waals surface area contributed by atoms with Crippen molar-refractivity contribution in [1.29, 1.82) is 0 Å². The number of nitrogens with one attached hydrogen (secondary N) is 1. The largest absolute Gasteiger partial charge is 0.480 e. The van der Waals surface area contributed by atoms with Crippen molar-refractivity contribution in [2.45, 2.75) is 25.3 Å². The first-order chi connectivity index (χ1) is 9.75. The summed E-state index contributed by atoms with van der Waals surface area (Å²) in [5.41, 5.74) is -2.37. The molecule has 1 amide bonds. The molecule has 1 aromatic rings. The number of carboxylic acids is 1. The lowest BCUT2D eigenvalue weighted by atomic mass is 9.95. The predicted molar refractivity (Wildman–Crippen MR) is 69.3 cm³/mol. The summed E-state index contributed by atoms with van der Waals surface area (Å²) in [6.07, 6.45) is 1.34. The second-order valence-electron chi connectivity index (χ2n) is 5.16. The molecule has 1 aliphatic rings. The fraction of sp³-hybridized carbons (Fsp3) is 0.385. The summed E-state index contributed by atoms with van der Waals surface area (Å²) < 4.78 is 13.7. The first kappa shape index (κ1) is 14.9. The van der Waals surface area contributed by atoms with Gasteiger partial charge in [-0.3, -0.25) is 14.9 Å². The molecule has 2 N–H and O–H groups in total. The van der Waals surface area contributed by atoms with Gasteiger partial charge < -0.3 is 10.4 Å². The molecule has 0 saturated heterocycles. The summed E-state index contributed by atoms with van der Waals surface area (Å²) >= 11 is 0. The van der Waals surface area contributed by atoms with E-state index in [1.54, 1.807) is 0 Å². The van der Waals surface area contributed by atoms with Crippen LogP contribution >= 0.6 is 0 Å². The van der Waals surface area contributed by atoms with Crippen LogP contribution in [0.4, 0.5) is 10.1 Å². The second-order valence-corrected chi connectivity index (χ2v) is 5.16. The molecule has 1 saturated carbocycles. The summed E-state index contributed by atoms with van der Waals surface area (Å²) in [4.78, 5) is 33.0. The van der Waals surface area contributed by atoms with Crippen molar-refractivity contribution in [2.24, 2.45) is 5.92 Å². The number of aliphatic carboxylic acids is 1. The Bertz CT molecular complexity index is 629. The van der Waals surface area contributed by atoms with Crippen LogP contribution in [0.25, 0.3) is 0 Å². The highest BCUT2D eigenvalue weighted by Gasteiger charge is 2.48. The highest BCUT2D eigenvalue weighted by atomic mass is 19.1. The van der Waals surface area contributed by atoms with Gasteiger partial charge in [-0.2, -0.15) is 0 Å². The van der Waals surface area contributed by atoms with E-state index in [2.05, 4.69) is 5.32 Å². The van der Waals surface area contributed by atoms with Gasteiger partial charge in [-0.15, -0.1) is 0 Å². The van der Waals surface area contributed by atoms with E-state index in [1.807, 2.05) is 0 Å². The molecule has 112 valence electrons. The number of benzene rings is 1. The third-order valence-corrected chi connectivity index (χ3v) is 3.62. The van der Waals surface area contributed by atoms with Crippen molar-refractivity contribution in [1.82, 2.24) is 5.32 Å². The van der Waals surface area contributed by atoms with E-state index in [9.17, 15) is 29.2 Å². The third kappa shape index (κ3) is 2.83. The maximum atomic E-state index is 13.7. The fourth-order valence-electron chi connectivity index (χ4n) is 2.10. The zero-order valence-electron chi connectivity index (χ0n) is 11.1. The number of carbonyl (C=O) groups is 2. The molecule has 0 aliphatic heterocycles. The molecule has 0 heterocycles. The molecule has 0 aromatic heterocycles. The number of amides is 1. The monoisotopic (exact) mass is 296 g/mol. The standard InChI is InChI=1S/C13H13FN2O5/c1-13(12(18)19,7-2-3-7)15-11(17)9-5-4-8(16(20)21)6-10(9)14/h4-7H,2-3H2,1H3,(H,15,17)(H,18,19). The minimum atomic E-state index is -1.47.